The number of aryl methyl sites for hydroxylation is 1. The molecule has 1 rings (SSSR count). The lowest BCUT2D eigenvalue weighted by molar-refractivity contribution is 1.27. The Hall–Kier alpha value is -0.240. The summed E-state index contributed by atoms with van der Waals surface area (Å²) in [4.78, 5) is 3.00. The van der Waals surface area contributed by atoms with Crippen LogP contribution in [0, 0.1) is 6.92 Å². The highest BCUT2D eigenvalue weighted by Crippen LogP contribution is 1.86. The first kappa shape index (κ1) is 6.76. The van der Waals surface area contributed by atoms with Gasteiger partial charge in [0.2, 0.25) is 0 Å². The van der Waals surface area contributed by atoms with E-state index in [4.69, 9.17) is 0 Å². The van der Waals surface area contributed by atoms with Crippen LogP contribution in [0.25, 0.3) is 0 Å². The van der Waals surface area contributed by atoms with E-state index in [1.54, 1.807) is 0 Å². The summed E-state index contributed by atoms with van der Waals surface area (Å²) in [6.45, 7) is 2.03. The minimum atomic E-state index is 0. The van der Waals surface area contributed by atoms with E-state index in [0.29, 0.717) is 0 Å². The van der Waals surface area contributed by atoms with Gasteiger partial charge in [-0.15, -0.1) is 17.0 Å². The van der Waals surface area contributed by atoms with Crippen molar-refractivity contribution in [2.45, 2.75) is 6.92 Å². The molecule has 0 aliphatic rings. The van der Waals surface area contributed by atoms with E-state index in [9.17, 15) is 0 Å². The Morgan fingerprint density at radius 1 is 1.57 bits per heavy atom. The highest BCUT2D eigenvalue weighted by molar-refractivity contribution is 8.93. The van der Waals surface area contributed by atoms with E-state index >= 15 is 0 Å². The molecule has 1 heterocycles. The summed E-state index contributed by atoms with van der Waals surface area (Å²) in [5, 5.41) is 0. The molecule has 0 saturated heterocycles. The predicted octanol–water partition coefficient (Wildman–Crippen LogP) is 1.90. The minimum Gasteiger partial charge on any atom is -0.365 e. The molecule has 0 radical (unpaired) electrons. The fraction of sp³-hybridized carbons (Fsp3) is 0.200. The van der Waals surface area contributed by atoms with Crippen molar-refractivity contribution < 1.29 is 0 Å². The Balaban J connectivity index is 0.000000360. The monoisotopic (exact) mass is 161 g/mol. The van der Waals surface area contributed by atoms with Crippen molar-refractivity contribution in [3.05, 3.63) is 24.0 Å². The van der Waals surface area contributed by atoms with Gasteiger partial charge in [0.05, 0.1) is 0 Å². The van der Waals surface area contributed by atoms with Crippen LogP contribution in [0.4, 0.5) is 0 Å². The average molecular weight is 162 g/mol. The molecule has 0 fully saturated rings. The number of halogens is 1. The molecule has 0 bridgehead atoms. The van der Waals surface area contributed by atoms with E-state index in [1.165, 1.54) is 5.69 Å². The summed E-state index contributed by atoms with van der Waals surface area (Å²) in [6, 6.07) is 4.01. The number of aromatic nitrogens is 1. The maximum atomic E-state index is 3.00. The third-order valence-electron chi connectivity index (χ3n) is 0.753. The van der Waals surface area contributed by atoms with E-state index in [-0.39, 0.29) is 17.0 Å². The fourth-order valence-corrected chi connectivity index (χ4v) is 0.420. The lowest BCUT2D eigenvalue weighted by atomic mass is 10.5. The smallest absolute Gasteiger partial charge is 0.0115 e. The number of hydrogen-bond acceptors (Lipinski definition) is 0. The molecule has 0 spiro atoms. The Morgan fingerprint density at radius 3 is 2.43 bits per heavy atom. The van der Waals surface area contributed by atoms with Crippen LogP contribution in [-0.4, -0.2) is 4.98 Å². The number of rotatable bonds is 0. The van der Waals surface area contributed by atoms with E-state index in [0.717, 1.165) is 0 Å². The highest BCUT2D eigenvalue weighted by atomic mass is 79.9. The normalized spacial score (nSPS) is 7.57. The minimum absolute atomic E-state index is 0. The summed E-state index contributed by atoms with van der Waals surface area (Å²) in [5.41, 5.74) is 1.22. The third-order valence-corrected chi connectivity index (χ3v) is 0.753. The van der Waals surface area contributed by atoms with Gasteiger partial charge < -0.3 is 4.98 Å². The van der Waals surface area contributed by atoms with Crippen molar-refractivity contribution in [3.63, 3.8) is 0 Å². The topological polar surface area (TPSA) is 15.8 Å². The first-order chi connectivity index (χ1) is 2.89. The lowest BCUT2D eigenvalue weighted by Gasteiger charge is -1.70. The number of H-pyrrole nitrogens is 1. The maximum absolute atomic E-state index is 3.00. The van der Waals surface area contributed by atoms with Crippen LogP contribution in [0.5, 0.6) is 0 Å². The van der Waals surface area contributed by atoms with Crippen LogP contribution >= 0.6 is 17.0 Å². The molecular formula is C5H8BrN. The van der Waals surface area contributed by atoms with Gasteiger partial charge in [0, 0.05) is 11.9 Å². The number of aromatic amines is 1. The van der Waals surface area contributed by atoms with Crippen molar-refractivity contribution in [1.29, 1.82) is 0 Å². The molecular weight excluding hydrogens is 154 g/mol. The van der Waals surface area contributed by atoms with Gasteiger partial charge in [0.25, 0.3) is 0 Å². The standard InChI is InChI=1S/C5H7N.BrH/c1-5-3-2-4-6-5;/h2-4,6H,1H3;1H. The summed E-state index contributed by atoms with van der Waals surface area (Å²) < 4.78 is 0. The summed E-state index contributed by atoms with van der Waals surface area (Å²) >= 11 is 0. The average Bonchev–Trinajstić information content (AvgIpc) is 1.86. The molecule has 1 nitrogen and oxygen atoms in total. The molecule has 1 aromatic heterocycles. The zero-order chi connectivity index (χ0) is 4.41. The van der Waals surface area contributed by atoms with Crippen LogP contribution in [0.15, 0.2) is 18.3 Å². The predicted molar refractivity (Wildman–Crippen MR) is 35.9 cm³/mol. The second kappa shape index (κ2) is 2.86. The van der Waals surface area contributed by atoms with Gasteiger partial charge in [-0.05, 0) is 19.1 Å². The zero-order valence-electron chi connectivity index (χ0n) is 4.14. The quantitative estimate of drug-likeness (QED) is 0.599. The van der Waals surface area contributed by atoms with Gasteiger partial charge in [-0.1, -0.05) is 0 Å². The van der Waals surface area contributed by atoms with Gasteiger partial charge in [-0.25, -0.2) is 0 Å². The molecule has 1 N–H and O–H groups in total. The second-order valence-corrected chi connectivity index (χ2v) is 1.35. The summed E-state index contributed by atoms with van der Waals surface area (Å²) in [7, 11) is 0. The zero-order valence-corrected chi connectivity index (χ0v) is 5.85. The molecule has 0 aromatic carbocycles. The van der Waals surface area contributed by atoms with E-state index < -0.39 is 0 Å². The summed E-state index contributed by atoms with van der Waals surface area (Å²) in [5.74, 6) is 0. The van der Waals surface area contributed by atoms with Crippen molar-refractivity contribution in [2.24, 2.45) is 0 Å². The van der Waals surface area contributed by atoms with Crippen molar-refractivity contribution in [2.75, 3.05) is 0 Å². The fourth-order valence-electron chi connectivity index (χ4n) is 0.420. The summed E-state index contributed by atoms with van der Waals surface area (Å²) in [6.07, 6.45) is 1.91. The van der Waals surface area contributed by atoms with Crippen LogP contribution in [-0.2, 0) is 0 Å². The first-order valence-corrected chi connectivity index (χ1v) is 1.99. The molecule has 0 aliphatic carbocycles. The molecule has 1 aromatic rings. The Bertz CT molecular complexity index is 112. The third kappa shape index (κ3) is 1.78. The first-order valence-electron chi connectivity index (χ1n) is 1.99. The van der Waals surface area contributed by atoms with Crippen molar-refractivity contribution >= 4 is 17.0 Å². The highest BCUT2D eigenvalue weighted by Gasteiger charge is 1.72. The van der Waals surface area contributed by atoms with Crippen LogP contribution < -0.4 is 0 Å². The maximum Gasteiger partial charge on any atom is 0.0115 e. The Kier molecular flexibility index (Phi) is 2.76. The molecule has 0 atom stereocenters. The Morgan fingerprint density at radius 2 is 2.29 bits per heavy atom. The van der Waals surface area contributed by atoms with Crippen molar-refractivity contribution in [3.8, 4) is 0 Å². The molecule has 7 heavy (non-hydrogen) atoms. The molecule has 0 amide bonds. The van der Waals surface area contributed by atoms with Gasteiger partial charge >= 0.3 is 0 Å². The molecule has 40 valence electrons. The number of nitrogens with one attached hydrogen (secondary N) is 1. The molecule has 0 unspecified atom stereocenters. The van der Waals surface area contributed by atoms with Gasteiger partial charge in [-0.2, -0.15) is 0 Å². The van der Waals surface area contributed by atoms with Gasteiger partial charge in [0.1, 0.15) is 0 Å². The Labute approximate surface area is 53.5 Å². The lowest BCUT2D eigenvalue weighted by Crippen LogP contribution is -1.59. The second-order valence-electron chi connectivity index (χ2n) is 1.35. The largest absolute Gasteiger partial charge is 0.365 e. The van der Waals surface area contributed by atoms with Gasteiger partial charge in [-0.3, -0.25) is 0 Å². The van der Waals surface area contributed by atoms with Crippen LogP contribution in [0.1, 0.15) is 5.69 Å². The van der Waals surface area contributed by atoms with E-state index in [1.807, 2.05) is 25.3 Å². The van der Waals surface area contributed by atoms with Crippen molar-refractivity contribution in [1.82, 2.24) is 4.98 Å². The van der Waals surface area contributed by atoms with Crippen LogP contribution in [0.3, 0.4) is 0 Å². The molecule has 0 aliphatic heterocycles. The number of hydrogen-bond donors (Lipinski definition) is 1. The van der Waals surface area contributed by atoms with Crippen LogP contribution in [0.2, 0.25) is 0 Å². The molecule has 2 heteroatoms. The SMILES string of the molecule is Br.Cc1ccc[nH]1. The molecule has 0 saturated carbocycles. The van der Waals surface area contributed by atoms with Gasteiger partial charge in [0.15, 0.2) is 0 Å². The van der Waals surface area contributed by atoms with E-state index in [2.05, 4.69) is 4.98 Å².